The summed E-state index contributed by atoms with van der Waals surface area (Å²) in [6, 6.07) is 4.53. The molecule has 0 unspecified atom stereocenters. The molecule has 0 aliphatic heterocycles. The predicted octanol–water partition coefficient (Wildman–Crippen LogP) is 14.0. The minimum absolute atomic E-state index is 0.0707. The predicted molar refractivity (Wildman–Crippen MR) is 490 cm³/mol. The molecule has 0 fully saturated rings. The second-order valence-corrected chi connectivity index (χ2v) is 41.6. The van der Waals surface area contributed by atoms with Crippen LogP contribution in [0.2, 0.25) is 0 Å². The lowest BCUT2D eigenvalue weighted by atomic mass is 9.96. The molecule has 2 aromatic rings. The molecule has 0 saturated heterocycles. The highest BCUT2D eigenvalue weighted by Crippen LogP contribution is 2.35. The number of nitrogens with one attached hydrogen (secondary N) is 9. The lowest BCUT2D eigenvalue weighted by Gasteiger charge is -2.25. The molecule has 11 amide bonds. The number of hydrogen-bond acceptors (Lipinski definition) is 26. The topological polar surface area (TPSA) is 453 Å². The van der Waals surface area contributed by atoms with Crippen LogP contribution in [0.25, 0.3) is 0 Å². The molecule has 2 heterocycles. The fourth-order valence-electron chi connectivity index (χ4n) is 12.1. The molecule has 0 aromatic carbocycles. The third-order valence-corrected chi connectivity index (χ3v) is 19.7. The fourth-order valence-corrected chi connectivity index (χ4v) is 13.8. The van der Waals surface area contributed by atoms with E-state index < -0.39 is 135 Å². The third-order valence-electron chi connectivity index (χ3n) is 17.5. The van der Waals surface area contributed by atoms with Gasteiger partial charge in [-0.3, -0.25) is 43.2 Å². The van der Waals surface area contributed by atoms with E-state index in [1.54, 1.807) is 200 Å². The zero-order valence-electron chi connectivity index (χ0n) is 80.8. The van der Waals surface area contributed by atoms with Gasteiger partial charge in [-0.2, -0.15) is 0 Å². The Kier molecular flexibility index (Phi) is 50.4. The summed E-state index contributed by atoms with van der Waals surface area (Å²) in [5.74, 6) is -5.49. The molecule has 2 aromatic heterocycles. The van der Waals surface area contributed by atoms with E-state index in [0.29, 0.717) is 80.7 Å². The molecular formula is C91H153N13O22S2. The summed E-state index contributed by atoms with van der Waals surface area (Å²) in [4.78, 5) is 199. The number of esters is 3. The maximum absolute atomic E-state index is 14.6. The Bertz CT molecular complexity index is 3390. The number of nitrogens with zero attached hydrogens (tertiary/aromatic N) is 4. The number of ether oxygens (including phenoxy) is 8. The van der Waals surface area contributed by atoms with Crippen LogP contribution in [0.3, 0.4) is 0 Å². The number of alkyl carbamates (subject to hydrolysis) is 5. The van der Waals surface area contributed by atoms with Crippen molar-refractivity contribution in [2.24, 2.45) is 11.8 Å². The second kappa shape index (κ2) is 56.2. The van der Waals surface area contributed by atoms with E-state index in [0.717, 1.165) is 0 Å². The number of aromatic nitrogens is 2. The van der Waals surface area contributed by atoms with Gasteiger partial charge >= 0.3 is 48.4 Å². The van der Waals surface area contributed by atoms with Gasteiger partial charge in [0, 0.05) is 103 Å². The smallest absolute Gasteiger partial charge is 0.408 e. The maximum Gasteiger partial charge on any atom is 0.408 e. The molecule has 4 atom stereocenters. The van der Waals surface area contributed by atoms with E-state index in [1.807, 2.05) is 0 Å². The maximum atomic E-state index is 14.6. The van der Waals surface area contributed by atoms with Gasteiger partial charge in [0.15, 0.2) is 0 Å². The average molecular weight is 1850 g/mol. The van der Waals surface area contributed by atoms with E-state index in [9.17, 15) is 67.1 Å². The number of pyridine rings is 2. The normalized spacial score (nSPS) is 12.9. The summed E-state index contributed by atoms with van der Waals surface area (Å²) in [5.41, 5.74) is -5.57. The summed E-state index contributed by atoms with van der Waals surface area (Å²) in [5, 5.41) is 26.1. The fraction of sp³-hybridized carbons (Fsp3) is 0.736. The highest BCUT2D eigenvalue weighted by molar-refractivity contribution is 8.76. The largest absolute Gasteiger partial charge is 0.460 e. The van der Waals surface area contributed by atoms with Crippen molar-refractivity contribution >= 4 is 105 Å². The van der Waals surface area contributed by atoms with Crippen LogP contribution in [0.4, 0.5) is 24.0 Å². The van der Waals surface area contributed by atoms with E-state index in [-0.39, 0.29) is 159 Å². The van der Waals surface area contributed by atoms with Gasteiger partial charge in [0.25, 0.3) is 11.8 Å². The summed E-state index contributed by atoms with van der Waals surface area (Å²) in [6.45, 7) is 43.5. The molecule has 2 rings (SSSR count). The Hall–Kier alpha value is -9.42. The van der Waals surface area contributed by atoms with Crippen molar-refractivity contribution in [1.82, 2.24) is 67.6 Å². The van der Waals surface area contributed by atoms with Crippen LogP contribution < -0.4 is 47.9 Å². The van der Waals surface area contributed by atoms with Crippen molar-refractivity contribution < 1.29 is 105 Å². The molecule has 0 aliphatic rings. The van der Waals surface area contributed by atoms with E-state index >= 15 is 0 Å². The molecule has 35 nitrogen and oxygen atoms in total. The summed E-state index contributed by atoms with van der Waals surface area (Å²) >= 11 is 0. The van der Waals surface area contributed by atoms with Gasteiger partial charge in [0.1, 0.15) is 66.9 Å². The first-order chi connectivity index (χ1) is 59.2. The zero-order valence-corrected chi connectivity index (χ0v) is 82.4. The van der Waals surface area contributed by atoms with Crippen molar-refractivity contribution in [3.63, 3.8) is 0 Å². The molecule has 0 aliphatic carbocycles. The average Bonchev–Trinajstić information content (AvgIpc) is 0.847. The van der Waals surface area contributed by atoms with Crippen molar-refractivity contribution in [3.8, 4) is 0 Å². The van der Waals surface area contributed by atoms with Crippen LogP contribution in [0.1, 0.15) is 315 Å². The van der Waals surface area contributed by atoms with E-state index in [2.05, 4.69) is 57.8 Å². The van der Waals surface area contributed by atoms with Gasteiger partial charge in [-0.1, -0.05) is 19.3 Å². The number of hydrogen-bond donors (Lipinski definition) is 9. The van der Waals surface area contributed by atoms with Crippen LogP contribution in [0.5, 0.6) is 0 Å². The molecule has 0 radical (unpaired) electrons. The molecule has 0 saturated carbocycles. The SMILES string of the molecule is CC(C)(C)OC(=O)CCCCC[C@H](CC(=O)OC(C)(C)C)C(=O)NCCCN(CCCNC(=O)[C@H](CCCCNC(=O)OC(C)(C)C)CC(=O)OC(C)(C)C)C(=O)c1ccc(SSc2ccc(C(=O)N(CCCNC(=O)[C@H](CCCCNC(=O)OC(C)(C)C)NC(=O)OC(C)(C)C)CCCNC(=O)[C@H](CCCCNC(=O)OC(C)(C)C)NC(=O)OC(C)(C)C)cn2)nc1. The lowest BCUT2D eigenvalue weighted by Crippen LogP contribution is -2.49. The van der Waals surface area contributed by atoms with Crippen LogP contribution in [0, 0.1) is 11.8 Å². The zero-order chi connectivity index (χ0) is 96.9. The second-order valence-electron chi connectivity index (χ2n) is 39.4. The van der Waals surface area contributed by atoms with Crippen LogP contribution >= 0.6 is 21.6 Å². The molecule has 0 spiro atoms. The summed E-state index contributed by atoms with van der Waals surface area (Å²) in [6.07, 6.45) is 5.93. The van der Waals surface area contributed by atoms with Crippen LogP contribution in [0.15, 0.2) is 46.7 Å². The van der Waals surface area contributed by atoms with E-state index in [1.165, 1.54) is 34.0 Å². The molecule has 9 N–H and O–H groups in total. The quantitative estimate of drug-likeness (QED) is 0.0129. The number of unbranched alkanes of at least 4 members (excludes halogenated alkanes) is 5. The Labute approximate surface area is 767 Å². The monoisotopic (exact) mass is 1840 g/mol. The van der Waals surface area contributed by atoms with Crippen LogP contribution in [-0.4, -0.2) is 232 Å². The lowest BCUT2D eigenvalue weighted by molar-refractivity contribution is -0.158. The van der Waals surface area contributed by atoms with E-state index in [4.69, 9.17) is 37.9 Å². The molecule has 128 heavy (non-hydrogen) atoms. The first-order valence-electron chi connectivity index (χ1n) is 44.7. The van der Waals surface area contributed by atoms with Gasteiger partial charge in [-0.15, -0.1) is 0 Å². The van der Waals surface area contributed by atoms with Gasteiger partial charge in [0.2, 0.25) is 23.6 Å². The van der Waals surface area contributed by atoms with Crippen molar-refractivity contribution in [3.05, 3.63) is 47.8 Å². The van der Waals surface area contributed by atoms with Crippen molar-refractivity contribution in [2.75, 3.05) is 72.0 Å². The Balaban J connectivity index is 2.49. The highest BCUT2D eigenvalue weighted by Gasteiger charge is 2.32. The first kappa shape index (κ1) is 115. The van der Waals surface area contributed by atoms with Gasteiger partial charge in [-0.05, 0) is 302 Å². The standard InChI is InChI=1S/C91H153N13O22S2/c1-84(2,3)119-70(105)42-27-25-26-38-62(58-71(106)120-85(4,5)6)73(108)92-50-34-54-103(55-35-51-93-74(109)63(59-72(107)121-86(7,8)9)39-28-31-47-96-79(114)122-87(10,11)12)77(112)64-43-45-68(99-60-64)127-128-69-46-44-65(61-100-69)78(113)104(56-36-52-94-75(110)66(101-82(117)125-90(19,20)21)40-29-32-48-97-80(115)123-88(13,14)15)57-37-53-95-76(111)67(102-83(118)126-91(22,23)24)41-30-33-49-98-81(116)124-89(16,17)18/h43-46,60-63,66-67H,25-42,47-59H2,1-24H3,(H,92,108)(H,93,109)(H,94,110)(H,95,111)(H,96,114)(H,97,115)(H,98,116)(H,101,117)(H,102,118)/t62-,63-,66+,67+/m1/s1. The Morgan fingerprint density at radius 1 is 0.297 bits per heavy atom. The van der Waals surface area contributed by atoms with Gasteiger partial charge in [-0.25, -0.2) is 33.9 Å². The first-order valence-corrected chi connectivity index (χ1v) is 46.9. The van der Waals surface area contributed by atoms with Crippen molar-refractivity contribution in [2.45, 2.75) is 362 Å². The molecule has 726 valence electrons. The number of amides is 11. The summed E-state index contributed by atoms with van der Waals surface area (Å²) in [7, 11) is 2.47. The van der Waals surface area contributed by atoms with Crippen LogP contribution in [-0.2, 0) is 71.5 Å². The Morgan fingerprint density at radius 3 is 0.852 bits per heavy atom. The van der Waals surface area contributed by atoms with Crippen molar-refractivity contribution in [1.29, 1.82) is 0 Å². The van der Waals surface area contributed by atoms with Gasteiger partial charge in [0.05, 0.1) is 24.0 Å². The number of carbonyl (C=O) groups excluding carboxylic acids is 14. The Morgan fingerprint density at radius 2 is 0.562 bits per heavy atom. The van der Waals surface area contributed by atoms with Gasteiger partial charge < -0.3 is 95.5 Å². The third kappa shape index (κ3) is 58.2. The number of carbonyl (C=O) groups is 14. The number of rotatable bonds is 52. The molecular weight excluding hydrogens is 1690 g/mol. The highest BCUT2D eigenvalue weighted by atomic mass is 33.1. The summed E-state index contributed by atoms with van der Waals surface area (Å²) < 4.78 is 43.6. The molecule has 37 heteroatoms. The minimum Gasteiger partial charge on any atom is -0.460 e. The molecule has 0 bridgehead atoms. The minimum atomic E-state index is -1.02.